The van der Waals surface area contributed by atoms with E-state index < -0.39 is 12.0 Å². The number of ether oxygens (including phenoxy) is 1. The van der Waals surface area contributed by atoms with E-state index in [2.05, 4.69) is 10.6 Å². The smallest absolute Gasteiger partial charge is 0.328 e. The Morgan fingerprint density at radius 3 is 2.15 bits per heavy atom. The van der Waals surface area contributed by atoms with Crippen molar-refractivity contribution in [1.82, 2.24) is 10.6 Å². The summed E-state index contributed by atoms with van der Waals surface area (Å²) in [4.78, 5) is 35.8. The molecule has 2 amide bonds. The maximum Gasteiger partial charge on any atom is 0.328 e. The van der Waals surface area contributed by atoms with Crippen molar-refractivity contribution in [1.29, 1.82) is 0 Å². The molecule has 2 atom stereocenters. The van der Waals surface area contributed by atoms with E-state index in [1.54, 1.807) is 0 Å². The first-order valence-electron chi connectivity index (χ1n) is 8.68. The van der Waals surface area contributed by atoms with Gasteiger partial charge in [-0.2, -0.15) is 0 Å². The van der Waals surface area contributed by atoms with Gasteiger partial charge in [0.05, 0.1) is 13.2 Å². The van der Waals surface area contributed by atoms with Gasteiger partial charge in [-0.3, -0.25) is 9.59 Å². The van der Waals surface area contributed by atoms with Crippen molar-refractivity contribution in [3.05, 3.63) is 47.5 Å². The summed E-state index contributed by atoms with van der Waals surface area (Å²) in [6.45, 7) is 5.71. The summed E-state index contributed by atoms with van der Waals surface area (Å²) in [6, 6.07) is 8.72. The van der Waals surface area contributed by atoms with Crippen molar-refractivity contribution in [3.8, 4) is 0 Å². The Bertz CT molecular complexity index is 636. The Kier molecular flexibility index (Phi) is 9.12. The topological polar surface area (TPSA) is 84.5 Å². The molecule has 142 valence electrons. The molecule has 0 aromatic heterocycles. The lowest BCUT2D eigenvalue weighted by Crippen LogP contribution is -2.41. The number of methoxy groups -OCH3 is 1. The third-order valence-electron chi connectivity index (χ3n) is 3.84. The second-order valence-electron chi connectivity index (χ2n) is 6.36. The minimum Gasteiger partial charge on any atom is -0.467 e. The Morgan fingerprint density at radius 1 is 1.04 bits per heavy atom. The fraction of sp³-hybridized carbons (Fsp3) is 0.450. The Hall–Kier alpha value is -2.63. The summed E-state index contributed by atoms with van der Waals surface area (Å²) in [5, 5.41) is 5.48. The van der Waals surface area contributed by atoms with Gasteiger partial charge in [0.1, 0.15) is 6.04 Å². The van der Waals surface area contributed by atoms with Gasteiger partial charge in [-0.25, -0.2) is 4.79 Å². The molecule has 1 aromatic rings. The lowest BCUT2D eigenvalue weighted by Gasteiger charge is -2.16. The number of nitrogens with one attached hydrogen (secondary N) is 2. The van der Waals surface area contributed by atoms with Crippen LogP contribution < -0.4 is 10.6 Å². The van der Waals surface area contributed by atoms with Crippen LogP contribution in [0.4, 0.5) is 0 Å². The molecule has 1 aromatic carbocycles. The predicted molar refractivity (Wildman–Crippen MR) is 100 cm³/mol. The molecule has 26 heavy (non-hydrogen) atoms. The average molecular weight is 360 g/mol. The molecule has 2 N–H and O–H groups in total. The molecule has 0 saturated heterocycles. The third kappa shape index (κ3) is 7.96. The van der Waals surface area contributed by atoms with Crippen LogP contribution in [-0.4, -0.2) is 30.9 Å². The molecule has 0 spiro atoms. The van der Waals surface area contributed by atoms with E-state index >= 15 is 0 Å². The zero-order valence-electron chi connectivity index (χ0n) is 15.9. The number of hydrogen-bond donors (Lipinski definition) is 2. The second-order valence-corrected chi connectivity index (χ2v) is 6.36. The normalized spacial score (nSPS) is 12.5. The largest absolute Gasteiger partial charge is 0.467 e. The molecule has 0 radical (unpaired) electrons. The maximum atomic E-state index is 12.1. The lowest BCUT2D eigenvalue weighted by atomic mass is 10.1. The van der Waals surface area contributed by atoms with Gasteiger partial charge in [0, 0.05) is 12.8 Å². The summed E-state index contributed by atoms with van der Waals surface area (Å²) in [5.41, 5.74) is 2.04. The van der Waals surface area contributed by atoms with Crippen molar-refractivity contribution >= 4 is 17.8 Å². The molecule has 0 fully saturated rings. The zero-order chi connectivity index (χ0) is 19.5. The van der Waals surface area contributed by atoms with Crippen LogP contribution in [0.3, 0.4) is 0 Å². The molecule has 1 rings (SSSR count). The second kappa shape index (κ2) is 11.1. The maximum absolute atomic E-state index is 12.1. The van der Waals surface area contributed by atoms with Crippen LogP contribution in [-0.2, 0) is 19.1 Å². The molecular weight excluding hydrogens is 332 g/mol. The van der Waals surface area contributed by atoms with Gasteiger partial charge in [-0.1, -0.05) is 42.0 Å². The average Bonchev–Trinajstić information content (AvgIpc) is 2.63. The first-order valence-corrected chi connectivity index (χ1v) is 8.68. The van der Waals surface area contributed by atoms with E-state index in [9.17, 15) is 14.4 Å². The number of amides is 2. The van der Waals surface area contributed by atoms with E-state index in [-0.39, 0.29) is 30.7 Å². The van der Waals surface area contributed by atoms with Crippen molar-refractivity contribution in [2.75, 3.05) is 7.11 Å². The van der Waals surface area contributed by atoms with Crippen LogP contribution in [0.5, 0.6) is 0 Å². The standard InChI is InChI=1S/C20H28N2O4/c1-14(2)10-11-17(20(25)26-4)22-19(24)13-12-18(23)21-15(3)16-8-6-5-7-9-16/h5-10,15,17H,11-13H2,1-4H3,(H,21,23)(H,22,24)/t15-,17-/m1/s1. The van der Waals surface area contributed by atoms with Gasteiger partial charge in [-0.15, -0.1) is 0 Å². The monoisotopic (exact) mass is 360 g/mol. The van der Waals surface area contributed by atoms with Crippen LogP contribution in [0, 0.1) is 0 Å². The van der Waals surface area contributed by atoms with Gasteiger partial charge in [0.15, 0.2) is 0 Å². The number of carbonyl (C=O) groups is 3. The van der Waals surface area contributed by atoms with Crippen LogP contribution in [0.15, 0.2) is 42.0 Å². The molecule has 6 nitrogen and oxygen atoms in total. The predicted octanol–water partition coefficient (Wildman–Crippen LogP) is 2.66. The van der Waals surface area contributed by atoms with E-state index in [0.717, 1.165) is 11.1 Å². The number of rotatable bonds is 9. The Labute approximate surface area is 155 Å². The minimum atomic E-state index is -0.742. The molecule has 0 aliphatic rings. The van der Waals surface area contributed by atoms with E-state index in [4.69, 9.17) is 4.74 Å². The van der Waals surface area contributed by atoms with E-state index in [1.165, 1.54) is 7.11 Å². The Balaban J connectivity index is 2.47. The Morgan fingerprint density at radius 2 is 1.62 bits per heavy atom. The molecule has 0 aliphatic carbocycles. The molecule has 6 heteroatoms. The van der Waals surface area contributed by atoms with Crippen molar-refractivity contribution in [2.24, 2.45) is 0 Å². The molecule has 0 heterocycles. The minimum absolute atomic E-state index is 0.00958. The molecule has 0 unspecified atom stereocenters. The van der Waals surface area contributed by atoms with E-state index in [1.807, 2.05) is 57.2 Å². The van der Waals surface area contributed by atoms with Crippen LogP contribution in [0.2, 0.25) is 0 Å². The molecule has 0 bridgehead atoms. The third-order valence-corrected chi connectivity index (χ3v) is 3.84. The summed E-state index contributed by atoms with van der Waals surface area (Å²) >= 11 is 0. The fourth-order valence-electron chi connectivity index (χ4n) is 2.34. The van der Waals surface area contributed by atoms with Gasteiger partial charge in [0.2, 0.25) is 11.8 Å². The zero-order valence-corrected chi connectivity index (χ0v) is 15.9. The number of benzene rings is 1. The van der Waals surface area contributed by atoms with Crippen LogP contribution in [0.25, 0.3) is 0 Å². The number of hydrogen-bond acceptors (Lipinski definition) is 4. The summed E-state index contributed by atoms with van der Waals surface area (Å²) in [5.74, 6) is -1.07. The van der Waals surface area contributed by atoms with E-state index in [0.29, 0.717) is 6.42 Å². The van der Waals surface area contributed by atoms with Gasteiger partial charge < -0.3 is 15.4 Å². The molecule has 0 aliphatic heterocycles. The molecule has 0 saturated carbocycles. The van der Waals surface area contributed by atoms with Crippen molar-refractivity contribution in [2.45, 2.75) is 52.1 Å². The number of carbonyl (C=O) groups excluding carboxylic acids is 3. The first-order chi connectivity index (χ1) is 12.3. The SMILES string of the molecule is COC(=O)[C@@H](CC=C(C)C)NC(=O)CCC(=O)N[C@H](C)c1ccccc1. The summed E-state index contributed by atoms with van der Waals surface area (Å²) in [6.07, 6.45) is 2.28. The summed E-state index contributed by atoms with van der Waals surface area (Å²) in [7, 11) is 1.28. The van der Waals surface area contributed by atoms with Crippen molar-refractivity contribution < 1.29 is 19.1 Å². The first kappa shape index (κ1) is 21.4. The highest BCUT2D eigenvalue weighted by Crippen LogP contribution is 2.11. The quantitative estimate of drug-likeness (QED) is 0.524. The number of allylic oxidation sites excluding steroid dienone is 1. The highest BCUT2D eigenvalue weighted by molar-refractivity contribution is 5.87. The lowest BCUT2D eigenvalue weighted by molar-refractivity contribution is -0.145. The van der Waals surface area contributed by atoms with Gasteiger partial charge in [-0.05, 0) is 32.8 Å². The highest BCUT2D eigenvalue weighted by Gasteiger charge is 2.20. The fourth-order valence-corrected chi connectivity index (χ4v) is 2.34. The van der Waals surface area contributed by atoms with Gasteiger partial charge in [0.25, 0.3) is 0 Å². The highest BCUT2D eigenvalue weighted by atomic mass is 16.5. The van der Waals surface area contributed by atoms with Crippen molar-refractivity contribution in [3.63, 3.8) is 0 Å². The van der Waals surface area contributed by atoms with Crippen LogP contribution >= 0.6 is 0 Å². The number of esters is 1. The molecular formula is C20H28N2O4. The summed E-state index contributed by atoms with van der Waals surface area (Å²) < 4.78 is 4.71. The van der Waals surface area contributed by atoms with Gasteiger partial charge >= 0.3 is 5.97 Å². The van der Waals surface area contributed by atoms with Crippen LogP contribution in [0.1, 0.15) is 51.6 Å².